The lowest BCUT2D eigenvalue weighted by atomic mass is 10.3. The van der Waals surface area contributed by atoms with Gasteiger partial charge in [0.2, 0.25) is 0 Å². The first-order chi connectivity index (χ1) is 11.0. The van der Waals surface area contributed by atoms with E-state index in [2.05, 4.69) is 0 Å². The number of benzene rings is 2. The van der Waals surface area contributed by atoms with E-state index in [0.29, 0.717) is 27.6 Å². The van der Waals surface area contributed by atoms with Crippen molar-refractivity contribution in [3.05, 3.63) is 54.6 Å². The number of nitrogens with zero attached hydrogens (tertiary/aromatic N) is 1. The van der Waals surface area contributed by atoms with E-state index in [1.165, 1.54) is 24.3 Å². The second-order valence-corrected chi connectivity index (χ2v) is 7.32. The Balaban J connectivity index is 1.84. The van der Waals surface area contributed by atoms with Crippen molar-refractivity contribution in [2.24, 2.45) is 0 Å². The molecule has 6 nitrogen and oxygen atoms in total. The fourth-order valence-electron chi connectivity index (χ4n) is 1.98. The monoisotopic (exact) mass is 349 g/mol. The smallest absolute Gasteiger partial charge is 0.303 e. The minimum absolute atomic E-state index is 0.137. The lowest BCUT2D eigenvalue weighted by molar-refractivity contribution is -0.121. The van der Waals surface area contributed by atoms with E-state index in [1.54, 1.807) is 12.1 Å². The number of thioether (sulfide) groups is 1. The quantitative estimate of drug-likeness (QED) is 0.844. The average molecular weight is 349 g/mol. The van der Waals surface area contributed by atoms with Gasteiger partial charge in [-0.15, -0.1) is 0 Å². The molecule has 0 atom stereocenters. The topological polar surface area (TPSA) is 80.8 Å². The summed E-state index contributed by atoms with van der Waals surface area (Å²) in [6.45, 7) is 0. The van der Waals surface area contributed by atoms with Crippen molar-refractivity contribution in [3.8, 4) is 11.5 Å². The molecule has 2 aromatic rings. The molecule has 0 bridgehead atoms. The number of amides is 2. The van der Waals surface area contributed by atoms with Crippen LogP contribution < -0.4 is 4.74 Å². The third-order valence-corrected chi connectivity index (χ3v) is 5.71. The molecule has 1 aliphatic heterocycles. The van der Waals surface area contributed by atoms with Crippen molar-refractivity contribution >= 4 is 32.9 Å². The summed E-state index contributed by atoms with van der Waals surface area (Å²) < 4.78 is 30.6. The Kier molecular flexibility index (Phi) is 4.10. The van der Waals surface area contributed by atoms with Gasteiger partial charge in [-0.05, 0) is 36.4 Å². The van der Waals surface area contributed by atoms with Gasteiger partial charge in [0.05, 0.1) is 10.6 Å². The van der Waals surface area contributed by atoms with Crippen LogP contribution in [0.5, 0.6) is 11.5 Å². The fraction of sp³-hybridized carbons (Fsp3) is 0.0667. The summed E-state index contributed by atoms with van der Waals surface area (Å²) in [5.41, 5.74) is 0. The molecule has 1 heterocycles. The van der Waals surface area contributed by atoms with Gasteiger partial charge in [0.1, 0.15) is 11.5 Å². The van der Waals surface area contributed by atoms with Crippen LogP contribution in [0.25, 0.3) is 0 Å². The maximum Gasteiger partial charge on any atom is 0.303 e. The highest BCUT2D eigenvalue weighted by Gasteiger charge is 2.40. The summed E-state index contributed by atoms with van der Waals surface area (Å²) >= 11 is 0.674. The lowest BCUT2D eigenvalue weighted by Crippen LogP contribution is -2.35. The van der Waals surface area contributed by atoms with Crippen LogP contribution in [0.4, 0.5) is 4.79 Å². The van der Waals surface area contributed by atoms with Crippen molar-refractivity contribution < 1.29 is 22.7 Å². The van der Waals surface area contributed by atoms with E-state index in [4.69, 9.17) is 4.74 Å². The number of para-hydroxylation sites is 1. The number of rotatable bonds is 4. The molecule has 8 heteroatoms. The Hall–Kier alpha value is -2.32. The van der Waals surface area contributed by atoms with Gasteiger partial charge in [-0.3, -0.25) is 9.59 Å². The largest absolute Gasteiger partial charge is 0.457 e. The van der Waals surface area contributed by atoms with Crippen LogP contribution in [-0.4, -0.2) is 29.6 Å². The van der Waals surface area contributed by atoms with Crippen LogP contribution in [0.2, 0.25) is 0 Å². The van der Waals surface area contributed by atoms with Gasteiger partial charge in [0.25, 0.3) is 15.9 Å². The van der Waals surface area contributed by atoms with Crippen molar-refractivity contribution in [2.45, 2.75) is 4.90 Å². The van der Waals surface area contributed by atoms with Gasteiger partial charge >= 0.3 is 5.24 Å². The van der Waals surface area contributed by atoms with Crippen LogP contribution in [0.1, 0.15) is 0 Å². The minimum Gasteiger partial charge on any atom is -0.457 e. The number of sulfonamides is 1. The zero-order chi connectivity index (χ0) is 16.4. The molecule has 1 aliphatic rings. The number of hydrogen-bond acceptors (Lipinski definition) is 6. The second-order valence-electron chi connectivity index (χ2n) is 4.60. The predicted octanol–water partition coefficient (Wildman–Crippen LogP) is 2.86. The van der Waals surface area contributed by atoms with E-state index in [9.17, 15) is 18.0 Å². The van der Waals surface area contributed by atoms with Crippen LogP contribution >= 0.6 is 11.8 Å². The fourth-order valence-corrected chi connectivity index (χ4v) is 4.33. The summed E-state index contributed by atoms with van der Waals surface area (Å²) in [6, 6.07) is 14.6. The van der Waals surface area contributed by atoms with Crippen LogP contribution in [-0.2, 0) is 14.8 Å². The van der Waals surface area contributed by atoms with E-state index in [1.807, 2.05) is 18.2 Å². The Morgan fingerprint density at radius 3 is 2.09 bits per heavy atom. The lowest BCUT2D eigenvalue weighted by Gasteiger charge is -2.13. The molecule has 0 spiro atoms. The van der Waals surface area contributed by atoms with Crippen molar-refractivity contribution in [2.75, 3.05) is 5.75 Å². The van der Waals surface area contributed by atoms with Crippen LogP contribution in [0, 0.1) is 0 Å². The van der Waals surface area contributed by atoms with Gasteiger partial charge in [0.15, 0.2) is 0 Å². The van der Waals surface area contributed by atoms with E-state index in [-0.39, 0.29) is 10.6 Å². The highest BCUT2D eigenvalue weighted by atomic mass is 32.2. The number of hydrogen-bond donors (Lipinski definition) is 0. The van der Waals surface area contributed by atoms with E-state index >= 15 is 0 Å². The molecule has 0 saturated carbocycles. The third kappa shape index (κ3) is 3.08. The Labute approximate surface area is 137 Å². The van der Waals surface area contributed by atoms with Crippen molar-refractivity contribution in [1.82, 2.24) is 4.31 Å². The van der Waals surface area contributed by atoms with Crippen LogP contribution in [0.15, 0.2) is 59.5 Å². The number of ether oxygens (including phenoxy) is 1. The maximum atomic E-state index is 12.4. The zero-order valence-corrected chi connectivity index (χ0v) is 13.3. The SMILES string of the molecule is O=C1CSC(=O)N1S(=O)(=O)c1ccc(Oc2ccccc2)cc1. The Morgan fingerprint density at radius 1 is 0.913 bits per heavy atom. The summed E-state index contributed by atoms with van der Waals surface area (Å²) in [6.07, 6.45) is 0. The molecule has 3 rings (SSSR count). The standard InChI is InChI=1S/C15H11NO5S2/c17-14-10-22-15(18)16(14)23(19,20)13-8-6-12(7-9-13)21-11-4-2-1-3-5-11/h1-9H,10H2. The molecule has 2 aromatic carbocycles. The number of carbonyl (C=O) groups excluding carboxylic acids is 2. The number of carbonyl (C=O) groups is 2. The van der Waals surface area contributed by atoms with Gasteiger partial charge in [-0.25, -0.2) is 8.42 Å². The summed E-state index contributed by atoms with van der Waals surface area (Å²) in [5, 5.41) is -0.778. The Bertz CT molecular complexity index is 831. The molecule has 0 aliphatic carbocycles. The van der Waals surface area contributed by atoms with Crippen molar-refractivity contribution in [1.29, 1.82) is 0 Å². The maximum absolute atomic E-state index is 12.4. The van der Waals surface area contributed by atoms with E-state index < -0.39 is 21.2 Å². The van der Waals surface area contributed by atoms with Crippen molar-refractivity contribution in [3.63, 3.8) is 0 Å². The normalized spacial score (nSPS) is 15.0. The molecule has 0 unspecified atom stereocenters. The highest BCUT2D eigenvalue weighted by molar-refractivity contribution is 8.16. The predicted molar refractivity (Wildman–Crippen MR) is 84.8 cm³/mol. The molecular weight excluding hydrogens is 338 g/mol. The molecule has 0 aromatic heterocycles. The molecule has 0 radical (unpaired) electrons. The molecule has 1 fully saturated rings. The molecule has 2 amide bonds. The highest BCUT2D eigenvalue weighted by Crippen LogP contribution is 2.28. The Morgan fingerprint density at radius 2 is 1.52 bits per heavy atom. The summed E-state index contributed by atoms with van der Waals surface area (Å²) in [5.74, 6) is 0.172. The van der Waals surface area contributed by atoms with Gasteiger partial charge in [-0.1, -0.05) is 30.0 Å². The minimum atomic E-state index is -4.17. The first-order valence-corrected chi connectivity index (χ1v) is 8.99. The molecule has 118 valence electrons. The van der Waals surface area contributed by atoms with Gasteiger partial charge in [0, 0.05) is 0 Å². The molecule has 23 heavy (non-hydrogen) atoms. The zero-order valence-electron chi connectivity index (χ0n) is 11.7. The first kappa shape index (κ1) is 15.6. The molecule has 0 N–H and O–H groups in total. The summed E-state index contributed by atoms with van der Waals surface area (Å²) in [4.78, 5) is 23.0. The van der Waals surface area contributed by atoms with Gasteiger partial charge in [-0.2, -0.15) is 4.31 Å². The first-order valence-electron chi connectivity index (χ1n) is 6.56. The van der Waals surface area contributed by atoms with E-state index in [0.717, 1.165) is 0 Å². The average Bonchev–Trinajstić information content (AvgIpc) is 2.88. The summed E-state index contributed by atoms with van der Waals surface area (Å²) in [7, 11) is -4.17. The number of imide groups is 1. The van der Waals surface area contributed by atoms with Gasteiger partial charge < -0.3 is 4.74 Å². The second kappa shape index (κ2) is 6.05. The third-order valence-electron chi connectivity index (χ3n) is 3.05. The molecule has 1 saturated heterocycles. The van der Waals surface area contributed by atoms with Crippen LogP contribution in [0.3, 0.4) is 0 Å². The molecular formula is C15H11NO5S2.